The first-order chi connectivity index (χ1) is 12.0. The Bertz CT molecular complexity index is 653. The van der Waals surface area contributed by atoms with Gasteiger partial charge in [0.1, 0.15) is 0 Å². The fraction of sp³-hybridized carbons (Fsp3) is 0.556. The molecular weight excluding hydrogens is 364 g/mol. The number of piperidine rings is 1. The number of rotatable bonds is 4. The first-order valence-corrected chi connectivity index (χ1v) is 8.80. The van der Waals surface area contributed by atoms with Gasteiger partial charge in [-0.3, -0.25) is 9.59 Å². The van der Waals surface area contributed by atoms with Gasteiger partial charge in [-0.25, -0.2) is 8.78 Å². The van der Waals surface area contributed by atoms with Gasteiger partial charge >= 0.3 is 0 Å². The standard InChI is InChI=1S/C18H23F2N3O2.ClH/c19-14-6-5-13(9-15(14)20)18(25)23-8-2-3-12(11-23)10-22-17(24)16-4-1-7-21-16;/h5-6,9,12,16,21H,1-4,7-8,10-11H2,(H,22,24);1H. The van der Waals surface area contributed by atoms with Gasteiger partial charge in [0.05, 0.1) is 6.04 Å². The molecule has 26 heavy (non-hydrogen) atoms. The Hall–Kier alpha value is -1.73. The molecule has 2 N–H and O–H groups in total. The second-order valence-electron chi connectivity index (χ2n) is 6.78. The van der Waals surface area contributed by atoms with Crippen molar-refractivity contribution >= 4 is 24.2 Å². The van der Waals surface area contributed by atoms with Crippen molar-refractivity contribution in [2.75, 3.05) is 26.2 Å². The molecule has 0 spiro atoms. The number of hydrogen-bond donors (Lipinski definition) is 2. The van der Waals surface area contributed by atoms with E-state index in [4.69, 9.17) is 0 Å². The highest BCUT2D eigenvalue weighted by atomic mass is 35.5. The van der Waals surface area contributed by atoms with E-state index in [1.165, 1.54) is 6.07 Å². The van der Waals surface area contributed by atoms with Crippen molar-refractivity contribution in [1.29, 1.82) is 0 Å². The van der Waals surface area contributed by atoms with E-state index in [9.17, 15) is 18.4 Å². The molecule has 1 aromatic rings. The summed E-state index contributed by atoms with van der Waals surface area (Å²) in [5, 5.41) is 6.12. The normalized spacial score (nSPS) is 22.6. The maximum atomic E-state index is 13.3. The zero-order valence-corrected chi connectivity index (χ0v) is 15.3. The Labute approximate surface area is 157 Å². The zero-order valence-electron chi connectivity index (χ0n) is 14.5. The van der Waals surface area contributed by atoms with Crippen molar-refractivity contribution in [3.63, 3.8) is 0 Å². The molecule has 0 aliphatic carbocycles. The van der Waals surface area contributed by atoms with Gasteiger partial charge in [-0.05, 0) is 56.3 Å². The molecule has 2 saturated heterocycles. The molecule has 0 aromatic heterocycles. The summed E-state index contributed by atoms with van der Waals surface area (Å²) >= 11 is 0. The summed E-state index contributed by atoms with van der Waals surface area (Å²) in [7, 11) is 0. The van der Waals surface area contributed by atoms with Gasteiger partial charge in [0, 0.05) is 25.2 Å². The summed E-state index contributed by atoms with van der Waals surface area (Å²) in [6, 6.07) is 3.11. The third kappa shape index (κ3) is 4.92. The van der Waals surface area contributed by atoms with Gasteiger partial charge in [0.25, 0.3) is 5.91 Å². The highest BCUT2D eigenvalue weighted by Crippen LogP contribution is 2.19. The molecular formula is C18H24ClF2N3O2. The number of nitrogens with one attached hydrogen (secondary N) is 2. The van der Waals surface area contributed by atoms with Crippen LogP contribution in [0.5, 0.6) is 0 Å². The minimum Gasteiger partial charge on any atom is -0.354 e. The summed E-state index contributed by atoms with van der Waals surface area (Å²) in [4.78, 5) is 26.2. The van der Waals surface area contributed by atoms with Gasteiger partial charge in [0.15, 0.2) is 11.6 Å². The maximum absolute atomic E-state index is 13.3. The van der Waals surface area contributed by atoms with Crippen LogP contribution in [0.2, 0.25) is 0 Å². The van der Waals surface area contributed by atoms with Crippen LogP contribution >= 0.6 is 12.4 Å². The highest BCUT2D eigenvalue weighted by molar-refractivity contribution is 5.94. The van der Waals surface area contributed by atoms with E-state index in [0.717, 1.165) is 44.4 Å². The van der Waals surface area contributed by atoms with Crippen LogP contribution in [0.4, 0.5) is 8.78 Å². The number of amides is 2. The minimum atomic E-state index is -1.02. The molecule has 3 rings (SSSR count). The van der Waals surface area contributed by atoms with E-state index in [-0.39, 0.29) is 41.7 Å². The number of hydrogen-bond acceptors (Lipinski definition) is 3. The predicted molar refractivity (Wildman–Crippen MR) is 96.3 cm³/mol. The predicted octanol–water partition coefficient (Wildman–Crippen LogP) is 2.11. The second-order valence-corrected chi connectivity index (χ2v) is 6.78. The van der Waals surface area contributed by atoms with Gasteiger partial charge in [-0.1, -0.05) is 0 Å². The topological polar surface area (TPSA) is 61.4 Å². The lowest BCUT2D eigenvalue weighted by molar-refractivity contribution is -0.123. The second kappa shape index (κ2) is 9.28. The lowest BCUT2D eigenvalue weighted by Crippen LogP contribution is -2.46. The average molecular weight is 388 g/mol. The number of likely N-dealkylation sites (tertiary alicyclic amines) is 1. The molecule has 2 heterocycles. The molecule has 5 nitrogen and oxygen atoms in total. The fourth-order valence-electron chi connectivity index (χ4n) is 3.50. The molecule has 2 atom stereocenters. The summed E-state index contributed by atoms with van der Waals surface area (Å²) < 4.78 is 26.4. The third-order valence-electron chi connectivity index (χ3n) is 4.91. The molecule has 1 aromatic carbocycles. The molecule has 0 saturated carbocycles. The Kier molecular flexibility index (Phi) is 7.34. The largest absolute Gasteiger partial charge is 0.354 e. The van der Waals surface area contributed by atoms with Gasteiger partial charge in [-0.2, -0.15) is 0 Å². The Morgan fingerprint density at radius 1 is 1.19 bits per heavy atom. The third-order valence-corrected chi connectivity index (χ3v) is 4.91. The fourth-order valence-corrected chi connectivity index (χ4v) is 3.50. The first kappa shape index (κ1) is 20.6. The quantitative estimate of drug-likeness (QED) is 0.831. The number of halogens is 3. The Morgan fingerprint density at radius 2 is 2.00 bits per heavy atom. The Balaban J connectivity index is 0.00000243. The molecule has 2 aliphatic heterocycles. The van der Waals surface area contributed by atoms with E-state index in [0.29, 0.717) is 19.6 Å². The van der Waals surface area contributed by atoms with Crippen molar-refractivity contribution in [2.45, 2.75) is 31.7 Å². The lowest BCUT2D eigenvalue weighted by atomic mass is 9.97. The molecule has 144 valence electrons. The summed E-state index contributed by atoms with van der Waals surface area (Å²) in [6.07, 6.45) is 3.63. The molecule has 2 fully saturated rings. The van der Waals surface area contributed by atoms with Crippen LogP contribution in [-0.2, 0) is 4.79 Å². The SMILES string of the molecule is Cl.O=C(NCC1CCCN(C(=O)c2ccc(F)c(F)c2)C1)C1CCCN1. The van der Waals surface area contributed by atoms with E-state index >= 15 is 0 Å². The van der Waals surface area contributed by atoms with Gasteiger partial charge in [0.2, 0.25) is 5.91 Å². The van der Waals surface area contributed by atoms with E-state index in [1.54, 1.807) is 4.90 Å². The maximum Gasteiger partial charge on any atom is 0.253 e. The van der Waals surface area contributed by atoms with Crippen LogP contribution in [0.3, 0.4) is 0 Å². The van der Waals surface area contributed by atoms with Crippen LogP contribution in [-0.4, -0.2) is 48.9 Å². The molecule has 8 heteroatoms. The zero-order chi connectivity index (χ0) is 17.8. The van der Waals surface area contributed by atoms with Crippen molar-refractivity contribution in [3.8, 4) is 0 Å². The number of benzene rings is 1. The smallest absolute Gasteiger partial charge is 0.253 e. The van der Waals surface area contributed by atoms with E-state index in [2.05, 4.69) is 10.6 Å². The molecule has 2 amide bonds. The van der Waals surface area contributed by atoms with E-state index in [1.807, 2.05) is 0 Å². The highest BCUT2D eigenvalue weighted by Gasteiger charge is 2.27. The first-order valence-electron chi connectivity index (χ1n) is 8.80. The average Bonchev–Trinajstić information content (AvgIpc) is 3.16. The van der Waals surface area contributed by atoms with Crippen molar-refractivity contribution in [1.82, 2.24) is 15.5 Å². The number of carbonyl (C=O) groups excluding carboxylic acids is 2. The number of nitrogens with zero attached hydrogens (tertiary/aromatic N) is 1. The Morgan fingerprint density at radius 3 is 2.69 bits per heavy atom. The molecule has 0 bridgehead atoms. The van der Waals surface area contributed by atoms with Crippen molar-refractivity contribution in [2.24, 2.45) is 5.92 Å². The summed E-state index contributed by atoms with van der Waals surface area (Å²) in [6.45, 7) is 2.50. The summed E-state index contributed by atoms with van der Waals surface area (Å²) in [5.74, 6) is -2.09. The van der Waals surface area contributed by atoms with Crippen LogP contribution in [0.15, 0.2) is 18.2 Å². The monoisotopic (exact) mass is 387 g/mol. The van der Waals surface area contributed by atoms with E-state index < -0.39 is 11.6 Å². The van der Waals surface area contributed by atoms with Crippen LogP contribution in [0, 0.1) is 17.6 Å². The molecule has 2 aliphatic rings. The molecule has 2 unspecified atom stereocenters. The van der Waals surface area contributed by atoms with Crippen molar-refractivity contribution < 1.29 is 18.4 Å². The molecule has 0 radical (unpaired) electrons. The van der Waals surface area contributed by atoms with Gasteiger partial charge in [-0.15, -0.1) is 12.4 Å². The minimum absolute atomic E-state index is 0. The van der Waals surface area contributed by atoms with Crippen LogP contribution in [0.1, 0.15) is 36.0 Å². The number of carbonyl (C=O) groups is 2. The van der Waals surface area contributed by atoms with Crippen LogP contribution < -0.4 is 10.6 Å². The lowest BCUT2D eigenvalue weighted by Gasteiger charge is -2.33. The van der Waals surface area contributed by atoms with Crippen molar-refractivity contribution in [3.05, 3.63) is 35.4 Å². The van der Waals surface area contributed by atoms with Crippen LogP contribution in [0.25, 0.3) is 0 Å². The van der Waals surface area contributed by atoms with Gasteiger partial charge < -0.3 is 15.5 Å². The summed E-state index contributed by atoms with van der Waals surface area (Å²) in [5.41, 5.74) is 0.152.